The molecule has 0 radical (unpaired) electrons. The number of nitrogens with one attached hydrogen (secondary N) is 1. The van der Waals surface area contributed by atoms with Crippen LogP contribution >= 0.6 is 15.9 Å². The normalized spacial score (nSPS) is 11.7. The van der Waals surface area contributed by atoms with Crippen molar-refractivity contribution < 1.29 is 12.8 Å². The molecule has 6 nitrogen and oxygen atoms in total. The maximum absolute atomic E-state index is 14.0. The van der Waals surface area contributed by atoms with Crippen molar-refractivity contribution in [3.63, 3.8) is 0 Å². The van der Waals surface area contributed by atoms with Gasteiger partial charge in [0.15, 0.2) is 5.82 Å². The first-order chi connectivity index (χ1) is 9.63. The van der Waals surface area contributed by atoms with Crippen LogP contribution in [0.4, 0.5) is 15.8 Å². The fourth-order valence-corrected chi connectivity index (χ4v) is 3.81. The zero-order valence-electron chi connectivity index (χ0n) is 11.6. The lowest BCUT2D eigenvalue weighted by molar-refractivity contribution is 0.566. The number of anilines is 2. The summed E-state index contributed by atoms with van der Waals surface area (Å²) >= 11 is 2.94. The number of aromatic nitrogens is 2. The molecule has 3 N–H and O–H groups in total. The maximum Gasteiger partial charge on any atom is 0.265 e. The topological polar surface area (TPSA) is 90.0 Å². The molecule has 0 amide bonds. The summed E-state index contributed by atoms with van der Waals surface area (Å²) in [6, 6.07) is 2.37. The Labute approximate surface area is 130 Å². The number of benzene rings is 1. The molecule has 21 heavy (non-hydrogen) atoms. The Morgan fingerprint density at radius 1 is 1.38 bits per heavy atom. The molecule has 0 saturated carbocycles. The van der Waals surface area contributed by atoms with Crippen LogP contribution in [0, 0.1) is 19.7 Å². The van der Waals surface area contributed by atoms with Gasteiger partial charge in [0.05, 0.1) is 21.5 Å². The smallest absolute Gasteiger partial charge is 0.265 e. The van der Waals surface area contributed by atoms with Gasteiger partial charge in [-0.1, -0.05) is 0 Å². The molecule has 0 fully saturated rings. The number of nitrogens with two attached hydrogens (primary N) is 1. The number of sulfonamides is 1. The third kappa shape index (κ3) is 2.88. The largest absolute Gasteiger partial charge is 0.399 e. The fourth-order valence-electron chi connectivity index (χ4n) is 1.89. The number of hydrogen-bond donors (Lipinski definition) is 2. The van der Waals surface area contributed by atoms with Gasteiger partial charge in [-0.3, -0.25) is 9.40 Å². The summed E-state index contributed by atoms with van der Waals surface area (Å²) in [6.07, 6.45) is 0. The number of aryl methyl sites for hydroxylation is 2. The van der Waals surface area contributed by atoms with Crippen molar-refractivity contribution in [3.8, 4) is 0 Å². The monoisotopic (exact) mass is 376 g/mol. The molecule has 2 aromatic rings. The predicted molar refractivity (Wildman–Crippen MR) is 82.0 cm³/mol. The van der Waals surface area contributed by atoms with E-state index >= 15 is 0 Å². The molecular formula is C12H14BrFN4O2S. The van der Waals surface area contributed by atoms with Gasteiger partial charge >= 0.3 is 0 Å². The van der Waals surface area contributed by atoms with E-state index in [1.807, 2.05) is 0 Å². The first-order valence-corrected chi connectivity index (χ1v) is 8.18. The quantitative estimate of drug-likeness (QED) is 0.804. The molecule has 0 unspecified atom stereocenters. The molecule has 1 aromatic heterocycles. The lowest BCUT2D eigenvalue weighted by Gasteiger charge is -2.11. The Balaban J connectivity index is 2.54. The molecule has 0 spiro atoms. The highest BCUT2D eigenvalue weighted by molar-refractivity contribution is 9.10. The van der Waals surface area contributed by atoms with E-state index in [0.29, 0.717) is 17.1 Å². The molecular weight excluding hydrogens is 363 g/mol. The van der Waals surface area contributed by atoms with Crippen LogP contribution in [0.1, 0.15) is 11.4 Å². The van der Waals surface area contributed by atoms with Crippen LogP contribution < -0.4 is 10.5 Å². The van der Waals surface area contributed by atoms with Crippen molar-refractivity contribution in [2.75, 3.05) is 10.5 Å². The molecule has 114 valence electrons. The summed E-state index contributed by atoms with van der Waals surface area (Å²) in [4.78, 5) is -0.517. The van der Waals surface area contributed by atoms with E-state index in [-0.39, 0.29) is 10.2 Å². The molecule has 2 rings (SSSR count). The minimum atomic E-state index is -4.11. The molecule has 0 saturated heterocycles. The number of rotatable bonds is 3. The molecule has 0 aliphatic carbocycles. The van der Waals surface area contributed by atoms with E-state index in [2.05, 4.69) is 25.8 Å². The van der Waals surface area contributed by atoms with E-state index in [0.717, 1.165) is 6.07 Å². The third-order valence-electron chi connectivity index (χ3n) is 3.05. The van der Waals surface area contributed by atoms with Crippen molar-refractivity contribution in [3.05, 3.63) is 33.8 Å². The Morgan fingerprint density at radius 2 is 2.00 bits per heavy atom. The third-order valence-corrected chi connectivity index (χ3v) is 4.98. The average molecular weight is 377 g/mol. The Kier molecular flexibility index (Phi) is 3.98. The van der Waals surface area contributed by atoms with Gasteiger partial charge in [0.25, 0.3) is 10.0 Å². The van der Waals surface area contributed by atoms with Crippen LogP contribution in [0.25, 0.3) is 0 Å². The summed E-state index contributed by atoms with van der Waals surface area (Å²) in [5, 5.41) is 4.11. The van der Waals surface area contributed by atoms with Gasteiger partial charge in [0.1, 0.15) is 4.90 Å². The number of hydrogen-bond acceptors (Lipinski definition) is 4. The lowest BCUT2D eigenvalue weighted by atomic mass is 10.3. The van der Waals surface area contributed by atoms with Crippen LogP contribution in [0.2, 0.25) is 0 Å². The fraction of sp³-hybridized carbons (Fsp3) is 0.250. The van der Waals surface area contributed by atoms with Crippen molar-refractivity contribution in [1.29, 1.82) is 0 Å². The standard InChI is InChI=1S/C12H14BrFN4O2S/c1-6-12(7(2)18(3)16-6)17-21(19,20)10-5-8(15)4-9(13)11(10)14/h4-5,17H,15H2,1-3H3. The highest BCUT2D eigenvalue weighted by atomic mass is 79.9. The van der Waals surface area contributed by atoms with Crippen LogP contribution in [-0.2, 0) is 17.1 Å². The van der Waals surface area contributed by atoms with Crippen LogP contribution in [0.15, 0.2) is 21.5 Å². The van der Waals surface area contributed by atoms with Gasteiger partial charge in [-0.05, 0) is 41.9 Å². The SMILES string of the molecule is Cc1nn(C)c(C)c1NS(=O)(=O)c1cc(N)cc(Br)c1F. The summed E-state index contributed by atoms with van der Waals surface area (Å²) in [6.45, 7) is 3.37. The van der Waals surface area contributed by atoms with Crippen LogP contribution in [0.5, 0.6) is 0 Å². The average Bonchev–Trinajstić information content (AvgIpc) is 2.60. The Bertz CT molecular complexity index is 817. The Hall–Kier alpha value is -1.61. The lowest BCUT2D eigenvalue weighted by Crippen LogP contribution is -2.16. The van der Waals surface area contributed by atoms with Gasteiger partial charge in [-0.25, -0.2) is 12.8 Å². The second-order valence-corrected chi connectivity index (χ2v) is 7.09. The highest BCUT2D eigenvalue weighted by Gasteiger charge is 2.24. The van der Waals surface area contributed by atoms with Crippen LogP contribution in [-0.4, -0.2) is 18.2 Å². The number of nitrogen functional groups attached to an aromatic ring is 1. The zero-order valence-corrected chi connectivity index (χ0v) is 14.0. The van der Waals surface area contributed by atoms with Crippen molar-refractivity contribution in [1.82, 2.24) is 9.78 Å². The van der Waals surface area contributed by atoms with Crippen LogP contribution in [0.3, 0.4) is 0 Å². The van der Waals surface area contributed by atoms with Crippen molar-refractivity contribution in [2.45, 2.75) is 18.7 Å². The van der Waals surface area contributed by atoms with Gasteiger partial charge in [0, 0.05) is 12.7 Å². The highest BCUT2D eigenvalue weighted by Crippen LogP contribution is 2.29. The summed E-state index contributed by atoms with van der Waals surface area (Å²) < 4.78 is 42.7. The minimum Gasteiger partial charge on any atom is -0.399 e. The van der Waals surface area contributed by atoms with Gasteiger partial charge < -0.3 is 5.73 Å². The molecule has 0 bridgehead atoms. The predicted octanol–water partition coefficient (Wildman–Crippen LogP) is 2.32. The van der Waals surface area contributed by atoms with Gasteiger partial charge in [-0.2, -0.15) is 5.10 Å². The number of halogens is 2. The van der Waals surface area contributed by atoms with Gasteiger partial charge in [0.2, 0.25) is 0 Å². The first-order valence-electron chi connectivity index (χ1n) is 5.91. The molecule has 0 aliphatic rings. The van der Waals surface area contributed by atoms with Gasteiger partial charge in [-0.15, -0.1) is 0 Å². The van der Waals surface area contributed by atoms with E-state index in [4.69, 9.17) is 5.73 Å². The number of nitrogens with zero attached hydrogens (tertiary/aromatic N) is 2. The molecule has 0 atom stereocenters. The zero-order chi connectivity index (χ0) is 15.9. The van der Waals surface area contributed by atoms with E-state index in [1.165, 1.54) is 6.07 Å². The summed E-state index contributed by atoms with van der Waals surface area (Å²) in [5.74, 6) is -0.893. The molecule has 1 aromatic carbocycles. The molecule has 1 heterocycles. The summed E-state index contributed by atoms with van der Waals surface area (Å²) in [7, 11) is -2.42. The summed E-state index contributed by atoms with van der Waals surface area (Å²) in [5.41, 5.74) is 7.17. The first kappa shape index (κ1) is 15.8. The molecule has 0 aliphatic heterocycles. The minimum absolute atomic E-state index is 0.0116. The van der Waals surface area contributed by atoms with E-state index < -0.39 is 20.7 Å². The second kappa shape index (κ2) is 5.30. The van der Waals surface area contributed by atoms with Crippen molar-refractivity contribution >= 4 is 37.3 Å². The van der Waals surface area contributed by atoms with Crippen molar-refractivity contribution in [2.24, 2.45) is 7.05 Å². The van der Waals surface area contributed by atoms with E-state index in [9.17, 15) is 12.8 Å². The molecule has 9 heteroatoms. The maximum atomic E-state index is 14.0. The Morgan fingerprint density at radius 3 is 2.52 bits per heavy atom. The van der Waals surface area contributed by atoms with E-state index in [1.54, 1.807) is 25.6 Å². The second-order valence-electron chi connectivity index (χ2n) is 4.59.